The molecule has 56 heavy (non-hydrogen) atoms. The van der Waals surface area contributed by atoms with Crippen LogP contribution in [0.4, 0.5) is 8.78 Å². The van der Waals surface area contributed by atoms with E-state index in [2.05, 4.69) is 32.4 Å². The first-order chi connectivity index (χ1) is 26.9. The van der Waals surface area contributed by atoms with Crippen molar-refractivity contribution in [2.75, 3.05) is 49.2 Å². The Morgan fingerprint density at radius 1 is 0.661 bits per heavy atom. The average Bonchev–Trinajstić information content (AvgIpc) is 3.74. The minimum Gasteiger partial charge on any atom is -0.870 e. The van der Waals surface area contributed by atoms with Gasteiger partial charge in [0.25, 0.3) is 11.6 Å². The predicted molar refractivity (Wildman–Crippen MR) is 219 cm³/mol. The predicted octanol–water partition coefficient (Wildman–Crippen LogP) is 10.4. The third kappa shape index (κ3) is 12.1. The number of nitrogens with zero attached hydrogens (tertiary/aromatic N) is 1. The van der Waals surface area contributed by atoms with Gasteiger partial charge in [0.05, 0.1) is 37.3 Å². The number of ketones is 2. The lowest BCUT2D eigenvalue weighted by Crippen LogP contribution is -2.50. The van der Waals surface area contributed by atoms with Gasteiger partial charge in [0.15, 0.2) is 34.6 Å². The highest BCUT2D eigenvalue weighted by Gasteiger charge is 2.46. The zero-order chi connectivity index (χ0) is 40.8. The number of rotatable bonds is 16. The number of hydrogen-bond acceptors (Lipinski definition) is 10. The number of halogens is 2. The number of fused-ring (bicyclic) bond motifs is 2. The Balaban J connectivity index is 0.000000188. The molecule has 0 atom stereocenters. The van der Waals surface area contributed by atoms with E-state index in [1.807, 2.05) is 11.8 Å². The Hall–Kier alpha value is -2.90. The fourth-order valence-corrected chi connectivity index (χ4v) is 9.66. The second kappa shape index (κ2) is 21.7. The van der Waals surface area contributed by atoms with E-state index in [9.17, 15) is 23.5 Å². The molecule has 2 fully saturated rings. The highest BCUT2D eigenvalue weighted by molar-refractivity contribution is 7.99. The van der Waals surface area contributed by atoms with Crippen molar-refractivity contribution in [1.82, 2.24) is 0 Å². The summed E-state index contributed by atoms with van der Waals surface area (Å²) in [5.74, 6) is 2.23. The van der Waals surface area contributed by atoms with E-state index in [1.165, 1.54) is 120 Å². The lowest BCUT2D eigenvalue weighted by atomic mass is 10.1. The topological polar surface area (TPSA) is 103 Å². The monoisotopic (exact) mass is 823 g/mol. The van der Waals surface area contributed by atoms with Gasteiger partial charge in [-0.3, -0.25) is 9.59 Å². The Morgan fingerprint density at radius 2 is 1.04 bits per heavy atom. The number of benzene rings is 2. The normalized spacial score (nSPS) is 17.2. The highest BCUT2D eigenvalue weighted by Crippen LogP contribution is 2.52. The second-order valence-electron chi connectivity index (χ2n) is 15.1. The number of alkyl halides is 2. The van der Waals surface area contributed by atoms with E-state index >= 15 is 0 Å². The molecular weight excluding hydrogens is 761 g/mol. The summed E-state index contributed by atoms with van der Waals surface area (Å²) in [5.41, 5.74) is 0.751. The molecule has 0 saturated carbocycles. The van der Waals surface area contributed by atoms with Crippen LogP contribution in [0, 0.1) is 0 Å². The molecule has 0 radical (unpaired) electrons. The summed E-state index contributed by atoms with van der Waals surface area (Å²) in [4.78, 5) is 23.2. The second-order valence-corrected chi connectivity index (χ2v) is 17.6. The van der Waals surface area contributed by atoms with Crippen LogP contribution in [0.15, 0.2) is 24.3 Å². The van der Waals surface area contributed by atoms with Gasteiger partial charge in [-0.2, -0.15) is 32.3 Å². The van der Waals surface area contributed by atoms with Crippen molar-refractivity contribution < 1.29 is 51.6 Å². The van der Waals surface area contributed by atoms with Gasteiger partial charge in [0.1, 0.15) is 0 Å². The summed E-state index contributed by atoms with van der Waals surface area (Å²) in [6.45, 7) is 14.9. The number of ether oxygens (including phenoxy) is 5. The maximum atomic E-state index is 12.5. The molecule has 0 N–H and O–H groups in total. The van der Waals surface area contributed by atoms with Crippen LogP contribution in [0.1, 0.15) is 139 Å². The van der Waals surface area contributed by atoms with Crippen molar-refractivity contribution in [2.24, 2.45) is 0 Å². The van der Waals surface area contributed by atoms with Crippen molar-refractivity contribution in [3.8, 4) is 34.5 Å². The standard InChI is InChI=1S/C16H36N.C14H14F2O4S.C13H14O4S/c1-5-9-13-17(14-10-6-2,15-11-7-3)16-12-8-4;1-8(17)9-2-3-10(18-13(15)16)12-11(9)19-14(20-12)4-6-21-7-5-14;1-8(14)9-2-3-10(15)12-11(9)16-13(17-12)4-6-18-7-5-13/h5-16H2,1-4H3;2-3,13H,4-7H2,1H3;2-3,15H,4-7H2,1H3/q+1;;/p-1. The molecule has 0 bridgehead atoms. The van der Waals surface area contributed by atoms with Crippen LogP contribution in [0.25, 0.3) is 0 Å². The molecule has 2 spiro atoms. The molecule has 2 aromatic rings. The largest absolute Gasteiger partial charge is 0.870 e. The fraction of sp³-hybridized carbons (Fsp3) is 0.674. The SMILES string of the molecule is CC(=O)c1ccc(OC(F)F)c2c1OC1(CCSCC1)O2.CC(=O)c1ccc([O-])c2c1OC1(CCSCC1)O2.CCCC[N+](CCCC)(CCCC)CCCC. The molecule has 4 aliphatic rings. The molecule has 4 heterocycles. The van der Waals surface area contributed by atoms with Crippen molar-refractivity contribution in [3.05, 3.63) is 35.4 Å². The minimum absolute atomic E-state index is 0.0971. The van der Waals surface area contributed by atoms with Gasteiger partial charge in [-0.1, -0.05) is 65.2 Å². The average molecular weight is 824 g/mol. The van der Waals surface area contributed by atoms with E-state index in [1.54, 1.807) is 11.8 Å². The van der Waals surface area contributed by atoms with Crippen LogP contribution < -0.4 is 28.8 Å². The molecule has 2 aromatic carbocycles. The zero-order valence-electron chi connectivity index (χ0n) is 34.3. The molecule has 0 aromatic heterocycles. The molecule has 2 saturated heterocycles. The molecule has 13 heteroatoms. The van der Waals surface area contributed by atoms with Crippen LogP contribution in [0.5, 0.6) is 34.5 Å². The van der Waals surface area contributed by atoms with Gasteiger partial charge in [0.2, 0.25) is 5.75 Å². The van der Waals surface area contributed by atoms with Crippen LogP contribution >= 0.6 is 23.5 Å². The van der Waals surface area contributed by atoms with Crippen molar-refractivity contribution in [3.63, 3.8) is 0 Å². The number of hydrogen-bond donors (Lipinski definition) is 0. The number of unbranched alkanes of at least 4 members (excludes halogenated alkanes) is 4. The van der Waals surface area contributed by atoms with Crippen LogP contribution in [-0.2, 0) is 0 Å². The lowest BCUT2D eigenvalue weighted by molar-refractivity contribution is -0.929. The summed E-state index contributed by atoms with van der Waals surface area (Å²) >= 11 is 3.63. The van der Waals surface area contributed by atoms with E-state index in [0.29, 0.717) is 29.7 Å². The fourth-order valence-electron chi connectivity index (χ4n) is 7.43. The number of carbonyl (C=O) groups excluding carboxylic acids is 2. The number of Topliss-reactive ketones (excluding diaryl/α,β-unsaturated/α-hetero) is 2. The molecule has 0 aliphatic carbocycles. The van der Waals surface area contributed by atoms with E-state index < -0.39 is 18.2 Å². The van der Waals surface area contributed by atoms with Crippen LogP contribution in [-0.4, -0.2) is 83.4 Å². The third-order valence-electron chi connectivity index (χ3n) is 10.7. The van der Waals surface area contributed by atoms with Crippen LogP contribution in [0.2, 0.25) is 0 Å². The van der Waals surface area contributed by atoms with E-state index in [0.717, 1.165) is 35.9 Å². The van der Waals surface area contributed by atoms with Gasteiger partial charge in [-0.05, 0) is 57.7 Å². The first-order valence-electron chi connectivity index (χ1n) is 20.6. The first kappa shape index (κ1) is 45.8. The Kier molecular flexibility index (Phi) is 17.8. The maximum absolute atomic E-state index is 12.5. The summed E-state index contributed by atoms with van der Waals surface area (Å²) in [7, 11) is 0. The van der Waals surface area contributed by atoms with Gasteiger partial charge < -0.3 is 33.3 Å². The summed E-state index contributed by atoms with van der Waals surface area (Å²) in [6, 6.07) is 5.64. The van der Waals surface area contributed by atoms with Crippen molar-refractivity contribution in [2.45, 2.75) is 137 Å². The molecule has 4 aliphatic heterocycles. The molecule has 314 valence electrons. The number of thioether (sulfide) groups is 2. The van der Waals surface area contributed by atoms with Crippen molar-refractivity contribution in [1.29, 1.82) is 0 Å². The van der Waals surface area contributed by atoms with Gasteiger partial charge in [0, 0.05) is 48.7 Å². The smallest absolute Gasteiger partial charge is 0.387 e. The van der Waals surface area contributed by atoms with Gasteiger partial charge >= 0.3 is 6.61 Å². The number of carbonyl (C=O) groups is 2. The Morgan fingerprint density at radius 3 is 1.43 bits per heavy atom. The summed E-state index contributed by atoms with van der Waals surface area (Å²) < 4.78 is 54.2. The molecule has 9 nitrogen and oxygen atoms in total. The molecule has 6 rings (SSSR count). The van der Waals surface area contributed by atoms with Gasteiger partial charge in [-0.25, -0.2) is 0 Å². The summed E-state index contributed by atoms with van der Waals surface area (Å²) in [5, 5.41) is 11.8. The zero-order valence-corrected chi connectivity index (χ0v) is 35.9. The first-order valence-corrected chi connectivity index (χ1v) is 22.9. The van der Waals surface area contributed by atoms with E-state index in [4.69, 9.17) is 18.9 Å². The minimum atomic E-state index is -2.96. The summed E-state index contributed by atoms with van der Waals surface area (Å²) in [6.07, 6.45) is 13.8. The Labute approximate surface area is 341 Å². The Bertz CT molecular complexity index is 1540. The van der Waals surface area contributed by atoms with Gasteiger partial charge in [-0.15, -0.1) is 0 Å². The molecule has 0 amide bonds. The highest BCUT2D eigenvalue weighted by atomic mass is 32.2. The molecular formula is C43H63F2NO8S2. The number of quaternary nitrogens is 1. The maximum Gasteiger partial charge on any atom is 0.387 e. The quantitative estimate of drug-likeness (QED) is 0.120. The van der Waals surface area contributed by atoms with Crippen LogP contribution in [0.3, 0.4) is 0 Å². The van der Waals surface area contributed by atoms with Crippen molar-refractivity contribution >= 4 is 35.1 Å². The van der Waals surface area contributed by atoms with E-state index in [-0.39, 0.29) is 40.3 Å². The molecule has 0 unspecified atom stereocenters. The lowest BCUT2D eigenvalue weighted by Gasteiger charge is -2.39. The third-order valence-corrected chi connectivity index (χ3v) is 12.7.